The number of ether oxygens (including phenoxy) is 1. The first-order valence-electron chi connectivity index (χ1n) is 4.91. The summed E-state index contributed by atoms with van der Waals surface area (Å²) in [4.78, 5) is 13.4. The van der Waals surface area contributed by atoms with Gasteiger partial charge in [0, 0.05) is 10.2 Å². The van der Waals surface area contributed by atoms with Crippen LogP contribution in [0.3, 0.4) is 0 Å². The molecule has 1 aromatic rings. The quantitative estimate of drug-likeness (QED) is 0.623. The molecule has 0 radical (unpaired) electrons. The van der Waals surface area contributed by atoms with Gasteiger partial charge in [-0.05, 0) is 25.1 Å². The summed E-state index contributed by atoms with van der Waals surface area (Å²) < 4.78 is 5.98. The van der Waals surface area contributed by atoms with Gasteiger partial charge in [-0.25, -0.2) is 4.79 Å². The zero-order chi connectivity index (χ0) is 10.8. The van der Waals surface area contributed by atoms with E-state index < -0.39 is 0 Å². The van der Waals surface area contributed by atoms with Crippen LogP contribution < -0.4 is 4.90 Å². The van der Waals surface area contributed by atoms with Crippen molar-refractivity contribution in [1.29, 1.82) is 0 Å². The predicted octanol–water partition coefficient (Wildman–Crippen LogP) is 2.20. The van der Waals surface area contributed by atoms with E-state index in [1.165, 1.54) is 0 Å². The summed E-state index contributed by atoms with van der Waals surface area (Å²) in [6.07, 6.45) is 0. The summed E-state index contributed by atoms with van der Waals surface area (Å²) in [6, 6.07) is 7.83. The third kappa shape index (κ3) is 2.31. The minimum atomic E-state index is -0.127. The molecule has 1 unspecified atom stereocenters. The zero-order valence-corrected chi connectivity index (χ0v) is 10.0. The van der Waals surface area contributed by atoms with Gasteiger partial charge in [0.05, 0.1) is 13.2 Å². The van der Waals surface area contributed by atoms with Crippen molar-refractivity contribution in [2.75, 3.05) is 18.1 Å². The van der Waals surface area contributed by atoms with E-state index in [0.29, 0.717) is 6.61 Å². The first-order chi connectivity index (χ1) is 7.22. The molecule has 1 aliphatic heterocycles. The van der Waals surface area contributed by atoms with Crippen LogP contribution in [0, 0.1) is 0 Å². The van der Waals surface area contributed by atoms with Crippen molar-refractivity contribution in [3.63, 3.8) is 0 Å². The number of hydrogen-bond acceptors (Lipinski definition) is 3. The lowest BCUT2D eigenvalue weighted by Crippen LogP contribution is -2.15. The van der Waals surface area contributed by atoms with Gasteiger partial charge in [0.25, 0.3) is 0 Å². The second-order valence-corrected chi connectivity index (χ2v) is 4.32. The molecule has 15 heavy (non-hydrogen) atoms. The van der Waals surface area contributed by atoms with Gasteiger partial charge < -0.3 is 9.64 Å². The number of carbonyl (C=O) groups excluding carboxylic acids is 1. The second-order valence-electron chi connectivity index (χ2n) is 3.40. The second kappa shape index (κ2) is 4.23. The first kappa shape index (κ1) is 10.5. The van der Waals surface area contributed by atoms with Gasteiger partial charge in [0.2, 0.25) is 0 Å². The Bertz CT molecular complexity index is 381. The highest BCUT2D eigenvalue weighted by Gasteiger charge is 2.41. The largest absolute Gasteiger partial charge is 0.464 e. The average Bonchev–Trinajstić information content (AvgIpc) is 2.97. The van der Waals surface area contributed by atoms with Crippen LogP contribution in [-0.4, -0.2) is 25.2 Å². The molecule has 1 aliphatic rings. The van der Waals surface area contributed by atoms with Crippen molar-refractivity contribution in [3.8, 4) is 0 Å². The summed E-state index contributed by atoms with van der Waals surface area (Å²) in [6.45, 7) is 3.03. The highest BCUT2D eigenvalue weighted by atomic mass is 79.9. The summed E-state index contributed by atoms with van der Waals surface area (Å²) in [5.74, 6) is -0.127. The number of carbonyl (C=O) groups is 1. The molecule has 80 valence electrons. The normalized spacial score (nSPS) is 18.8. The number of rotatable bonds is 3. The van der Waals surface area contributed by atoms with E-state index in [-0.39, 0.29) is 12.0 Å². The molecule has 0 saturated carbocycles. The highest BCUT2D eigenvalue weighted by Crippen LogP contribution is 2.30. The van der Waals surface area contributed by atoms with Crippen LogP contribution >= 0.6 is 15.9 Å². The fourth-order valence-corrected chi connectivity index (χ4v) is 1.91. The van der Waals surface area contributed by atoms with E-state index >= 15 is 0 Å². The van der Waals surface area contributed by atoms with Crippen molar-refractivity contribution in [1.82, 2.24) is 0 Å². The third-order valence-electron chi connectivity index (χ3n) is 2.31. The molecule has 1 aromatic carbocycles. The Labute approximate surface area is 97.2 Å². The zero-order valence-electron chi connectivity index (χ0n) is 8.44. The molecule has 0 spiro atoms. The molecule has 4 heteroatoms. The van der Waals surface area contributed by atoms with Crippen molar-refractivity contribution < 1.29 is 9.53 Å². The van der Waals surface area contributed by atoms with Gasteiger partial charge in [-0.15, -0.1) is 0 Å². The fraction of sp³-hybridized carbons (Fsp3) is 0.364. The van der Waals surface area contributed by atoms with Crippen LogP contribution in [0.2, 0.25) is 0 Å². The number of esters is 1. The van der Waals surface area contributed by atoms with Crippen LogP contribution in [0.4, 0.5) is 5.69 Å². The molecule has 0 N–H and O–H groups in total. The first-order valence-corrected chi connectivity index (χ1v) is 5.70. The lowest BCUT2D eigenvalue weighted by Gasteiger charge is -2.05. The Kier molecular flexibility index (Phi) is 2.95. The number of hydrogen-bond donors (Lipinski definition) is 0. The summed E-state index contributed by atoms with van der Waals surface area (Å²) in [5, 5.41) is 0. The van der Waals surface area contributed by atoms with E-state index in [2.05, 4.69) is 15.9 Å². The van der Waals surface area contributed by atoms with Crippen LogP contribution in [0.1, 0.15) is 6.92 Å². The van der Waals surface area contributed by atoms with Gasteiger partial charge in [-0.2, -0.15) is 0 Å². The molecule has 3 nitrogen and oxygen atoms in total. The molecule has 0 aliphatic carbocycles. The van der Waals surface area contributed by atoms with Crippen molar-refractivity contribution >= 4 is 27.6 Å². The Morgan fingerprint density at radius 3 is 3.13 bits per heavy atom. The standard InChI is InChI=1S/C11H12BrNO2/c1-2-15-11(14)10-7-13(10)9-5-3-4-8(12)6-9/h3-6,10H,2,7H2,1H3. The van der Waals surface area contributed by atoms with Crippen molar-refractivity contribution in [2.24, 2.45) is 0 Å². The smallest absolute Gasteiger partial charge is 0.330 e. The molecule has 0 amide bonds. The number of anilines is 1. The summed E-state index contributed by atoms with van der Waals surface area (Å²) in [7, 11) is 0. The maximum absolute atomic E-state index is 11.4. The number of nitrogens with zero attached hydrogens (tertiary/aromatic N) is 1. The molecule has 1 fully saturated rings. The Balaban J connectivity index is 2.01. The molecule has 2 rings (SSSR count). The van der Waals surface area contributed by atoms with Gasteiger partial charge in [-0.1, -0.05) is 22.0 Å². The number of benzene rings is 1. The highest BCUT2D eigenvalue weighted by molar-refractivity contribution is 9.10. The van der Waals surface area contributed by atoms with E-state index in [4.69, 9.17) is 4.74 Å². The fourth-order valence-electron chi connectivity index (χ4n) is 1.52. The Morgan fingerprint density at radius 2 is 2.47 bits per heavy atom. The van der Waals surface area contributed by atoms with Gasteiger partial charge in [0.1, 0.15) is 6.04 Å². The molecule has 0 aromatic heterocycles. The SMILES string of the molecule is CCOC(=O)C1CN1c1cccc(Br)c1. The molecule has 1 atom stereocenters. The van der Waals surface area contributed by atoms with Gasteiger partial charge in [-0.3, -0.25) is 0 Å². The predicted molar refractivity (Wildman–Crippen MR) is 61.9 cm³/mol. The van der Waals surface area contributed by atoms with Crippen LogP contribution in [0.5, 0.6) is 0 Å². The minimum Gasteiger partial charge on any atom is -0.464 e. The molecule has 1 heterocycles. The summed E-state index contributed by atoms with van der Waals surface area (Å²) in [5.41, 5.74) is 1.06. The topological polar surface area (TPSA) is 29.3 Å². The molecular formula is C11H12BrNO2. The number of halogens is 1. The van der Waals surface area contributed by atoms with E-state index in [0.717, 1.165) is 16.7 Å². The Hall–Kier alpha value is -1.03. The molecule has 1 saturated heterocycles. The van der Waals surface area contributed by atoms with Crippen LogP contribution in [0.15, 0.2) is 28.7 Å². The molecule has 0 bridgehead atoms. The van der Waals surface area contributed by atoms with Crippen molar-refractivity contribution in [3.05, 3.63) is 28.7 Å². The average molecular weight is 270 g/mol. The lowest BCUT2D eigenvalue weighted by molar-refractivity contribution is -0.142. The van der Waals surface area contributed by atoms with E-state index in [1.54, 1.807) is 0 Å². The third-order valence-corrected chi connectivity index (χ3v) is 2.80. The Morgan fingerprint density at radius 1 is 1.67 bits per heavy atom. The minimum absolute atomic E-state index is 0.0840. The van der Waals surface area contributed by atoms with Crippen LogP contribution in [0.25, 0.3) is 0 Å². The van der Waals surface area contributed by atoms with E-state index in [1.807, 2.05) is 36.1 Å². The van der Waals surface area contributed by atoms with Gasteiger partial charge in [0.15, 0.2) is 0 Å². The van der Waals surface area contributed by atoms with Crippen molar-refractivity contribution in [2.45, 2.75) is 13.0 Å². The van der Waals surface area contributed by atoms with Crippen LogP contribution in [-0.2, 0) is 9.53 Å². The van der Waals surface area contributed by atoms with Gasteiger partial charge >= 0.3 is 5.97 Å². The summed E-state index contributed by atoms with van der Waals surface area (Å²) >= 11 is 3.40. The lowest BCUT2D eigenvalue weighted by atomic mass is 10.3. The van der Waals surface area contributed by atoms with E-state index in [9.17, 15) is 4.79 Å². The maximum atomic E-state index is 11.4. The monoisotopic (exact) mass is 269 g/mol. The maximum Gasteiger partial charge on any atom is 0.330 e. The molecular weight excluding hydrogens is 258 g/mol.